The molecule has 1 atom stereocenters. The number of carbonyl (C=O) groups is 3. The average Bonchev–Trinajstić information content (AvgIpc) is 2.84. The molecule has 2 N–H and O–H groups in total. The van der Waals surface area contributed by atoms with Crippen molar-refractivity contribution in [2.45, 2.75) is 43.5 Å². The molecule has 1 aliphatic rings. The van der Waals surface area contributed by atoms with Gasteiger partial charge in [0.05, 0.1) is 28.1 Å². The van der Waals surface area contributed by atoms with Gasteiger partial charge in [-0.15, -0.1) is 0 Å². The summed E-state index contributed by atoms with van der Waals surface area (Å²) in [6, 6.07) is 12.4. The van der Waals surface area contributed by atoms with Crippen LogP contribution < -0.4 is 10.6 Å². The Morgan fingerprint density at radius 1 is 1.06 bits per heavy atom. The Bertz CT molecular complexity index is 1170. The van der Waals surface area contributed by atoms with Crippen LogP contribution in [0.3, 0.4) is 0 Å². The van der Waals surface area contributed by atoms with Crippen LogP contribution in [0.2, 0.25) is 5.02 Å². The summed E-state index contributed by atoms with van der Waals surface area (Å²) in [4.78, 5) is 36.3. The number of rotatable bonds is 9. The second-order valence-electron chi connectivity index (χ2n) is 8.18. The fourth-order valence-corrected chi connectivity index (χ4v) is 5.46. The SMILES string of the molecule is CC(=O)N[C@@H](CC(=O)OCC(=O)Nc1cc(S(=O)(=O)N2CCCCC2)ccc1Cl)c1ccccc1. The van der Waals surface area contributed by atoms with Gasteiger partial charge >= 0.3 is 5.97 Å². The van der Waals surface area contributed by atoms with Gasteiger partial charge in [0.2, 0.25) is 15.9 Å². The number of sulfonamides is 1. The maximum atomic E-state index is 12.9. The van der Waals surface area contributed by atoms with Crippen LogP contribution in [-0.2, 0) is 29.1 Å². The summed E-state index contributed by atoms with van der Waals surface area (Å²) in [5.41, 5.74) is 0.828. The van der Waals surface area contributed by atoms with E-state index in [4.69, 9.17) is 16.3 Å². The first-order valence-corrected chi connectivity index (χ1v) is 13.1. The van der Waals surface area contributed by atoms with E-state index in [-0.39, 0.29) is 27.9 Å². The molecule has 11 heteroatoms. The van der Waals surface area contributed by atoms with Crippen molar-refractivity contribution in [1.82, 2.24) is 9.62 Å². The summed E-state index contributed by atoms with van der Waals surface area (Å²) in [5, 5.41) is 5.34. The highest BCUT2D eigenvalue weighted by Gasteiger charge is 2.27. The molecule has 188 valence electrons. The van der Waals surface area contributed by atoms with Crippen molar-refractivity contribution in [2.75, 3.05) is 25.0 Å². The summed E-state index contributed by atoms with van der Waals surface area (Å²) < 4.78 is 32.3. The third-order valence-corrected chi connectivity index (χ3v) is 7.70. The molecule has 9 nitrogen and oxygen atoms in total. The lowest BCUT2D eigenvalue weighted by molar-refractivity contribution is -0.148. The molecule has 1 saturated heterocycles. The smallest absolute Gasteiger partial charge is 0.308 e. The lowest BCUT2D eigenvalue weighted by Crippen LogP contribution is -2.35. The Kier molecular flexibility index (Phi) is 9.25. The minimum Gasteiger partial charge on any atom is -0.455 e. The van der Waals surface area contributed by atoms with Crippen LogP contribution in [0.5, 0.6) is 0 Å². The van der Waals surface area contributed by atoms with Crippen molar-refractivity contribution in [3.63, 3.8) is 0 Å². The summed E-state index contributed by atoms with van der Waals surface area (Å²) in [6.45, 7) is 1.65. The number of benzene rings is 2. The quantitative estimate of drug-likeness (QED) is 0.488. The lowest BCUT2D eigenvalue weighted by Gasteiger charge is -2.26. The molecule has 0 aromatic heterocycles. The van der Waals surface area contributed by atoms with E-state index in [2.05, 4.69) is 10.6 Å². The number of anilines is 1. The molecule has 1 heterocycles. The first-order chi connectivity index (χ1) is 16.7. The Morgan fingerprint density at radius 3 is 2.40 bits per heavy atom. The highest BCUT2D eigenvalue weighted by molar-refractivity contribution is 7.89. The number of amides is 2. The monoisotopic (exact) mass is 521 g/mol. The number of ether oxygens (including phenoxy) is 1. The molecule has 1 aliphatic heterocycles. The van der Waals surface area contributed by atoms with Gasteiger partial charge in [-0.1, -0.05) is 48.4 Å². The van der Waals surface area contributed by atoms with Crippen LogP contribution in [0.15, 0.2) is 53.4 Å². The zero-order valence-electron chi connectivity index (χ0n) is 19.3. The fraction of sp³-hybridized carbons (Fsp3) is 0.375. The Labute approximate surface area is 209 Å². The van der Waals surface area contributed by atoms with Crippen molar-refractivity contribution in [3.8, 4) is 0 Å². The molecule has 0 radical (unpaired) electrons. The zero-order chi connectivity index (χ0) is 25.4. The Morgan fingerprint density at radius 2 is 1.74 bits per heavy atom. The second-order valence-corrected chi connectivity index (χ2v) is 10.5. The minimum atomic E-state index is -3.71. The summed E-state index contributed by atoms with van der Waals surface area (Å²) in [7, 11) is -3.71. The van der Waals surface area contributed by atoms with Crippen LogP contribution in [0.1, 0.15) is 44.2 Å². The molecule has 2 amide bonds. The molecular formula is C24H28ClN3O6S. The van der Waals surface area contributed by atoms with Crippen molar-refractivity contribution in [3.05, 3.63) is 59.1 Å². The molecule has 0 unspecified atom stereocenters. The molecule has 2 aromatic rings. The maximum absolute atomic E-state index is 12.9. The van der Waals surface area contributed by atoms with Gasteiger partial charge in [-0.25, -0.2) is 8.42 Å². The number of esters is 1. The third-order valence-electron chi connectivity index (χ3n) is 5.48. The van der Waals surface area contributed by atoms with Gasteiger partial charge < -0.3 is 15.4 Å². The van der Waals surface area contributed by atoms with E-state index in [1.54, 1.807) is 24.3 Å². The van der Waals surface area contributed by atoms with E-state index in [1.807, 2.05) is 6.07 Å². The molecule has 2 aromatic carbocycles. The number of hydrogen-bond donors (Lipinski definition) is 2. The zero-order valence-corrected chi connectivity index (χ0v) is 20.9. The average molecular weight is 522 g/mol. The Hall–Kier alpha value is -2.95. The van der Waals surface area contributed by atoms with E-state index in [0.717, 1.165) is 24.8 Å². The first-order valence-electron chi connectivity index (χ1n) is 11.2. The van der Waals surface area contributed by atoms with Crippen molar-refractivity contribution < 1.29 is 27.5 Å². The molecule has 0 aliphatic carbocycles. The number of halogens is 1. The van der Waals surface area contributed by atoms with E-state index in [1.165, 1.54) is 29.4 Å². The normalized spacial score (nSPS) is 15.1. The van der Waals surface area contributed by atoms with E-state index in [9.17, 15) is 22.8 Å². The summed E-state index contributed by atoms with van der Waals surface area (Å²) in [5.74, 6) is -1.67. The van der Waals surface area contributed by atoms with Crippen LogP contribution >= 0.6 is 11.6 Å². The van der Waals surface area contributed by atoms with Crippen LogP contribution in [-0.4, -0.2) is 50.2 Å². The molecule has 0 spiro atoms. The van der Waals surface area contributed by atoms with E-state index >= 15 is 0 Å². The van der Waals surface area contributed by atoms with Crippen LogP contribution in [0.4, 0.5) is 5.69 Å². The van der Waals surface area contributed by atoms with E-state index in [0.29, 0.717) is 13.1 Å². The molecule has 0 bridgehead atoms. The maximum Gasteiger partial charge on any atom is 0.308 e. The van der Waals surface area contributed by atoms with Gasteiger partial charge in [-0.3, -0.25) is 14.4 Å². The third kappa shape index (κ3) is 7.51. The molecule has 3 rings (SSSR count). The molecular weight excluding hydrogens is 494 g/mol. The van der Waals surface area contributed by atoms with Gasteiger partial charge in [0, 0.05) is 20.0 Å². The predicted molar refractivity (Wildman–Crippen MR) is 131 cm³/mol. The number of hydrogen-bond acceptors (Lipinski definition) is 6. The summed E-state index contributed by atoms with van der Waals surface area (Å²) >= 11 is 6.15. The largest absolute Gasteiger partial charge is 0.455 e. The topological polar surface area (TPSA) is 122 Å². The standard InChI is InChI=1S/C24H28ClN3O6S/c1-17(29)26-21(18-8-4-2-5-9-18)15-24(31)34-16-23(30)27-22-14-19(10-11-20(22)25)35(32,33)28-12-6-3-7-13-28/h2,4-5,8-11,14,21H,3,6-7,12-13,15-16H2,1H3,(H,26,29)(H,27,30)/t21-/m0/s1. The van der Waals surface area contributed by atoms with Crippen LogP contribution in [0.25, 0.3) is 0 Å². The van der Waals surface area contributed by atoms with Gasteiger partial charge in [-0.2, -0.15) is 4.31 Å². The molecule has 0 saturated carbocycles. The lowest BCUT2D eigenvalue weighted by atomic mass is 10.0. The van der Waals surface area contributed by atoms with Gasteiger partial charge in [-0.05, 0) is 36.6 Å². The predicted octanol–water partition coefficient (Wildman–Crippen LogP) is 3.26. The van der Waals surface area contributed by atoms with E-state index < -0.39 is 34.5 Å². The van der Waals surface area contributed by atoms with Crippen molar-refractivity contribution >= 4 is 45.1 Å². The number of piperidine rings is 1. The molecule has 1 fully saturated rings. The molecule has 35 heavy (non-hydrogen) atoms. The number of nitrogens with one attached hydrogen (secondary N) is 2. The van der Waals surface area contributed by atoms with Crippen molar-refractivity contribution in [1.29, 1.82) is 0 Å². The van der Waals surface area contributed by atoms with Gasteiger partial charge in [0.1, 0.15) is 0 Å². The fourth-order valence-electron chi connectivity index (χ4n) is 3.76. The number of carbonyl (C=O) groups excluding carboxylic acids is 3. The second kappa shape index (κ2) is 12.1. The minimum absolute atomic E-state index is 0.0251. The Balaban J connectivity index is 1.60. The highest BCUT2D eigenvalue weighted by atomic mass is 35.5. The summed E-state index contributed by atoms with van der Waals surface area (Å²) in [6.07, 6.45) is 2.43. The van der Waals surface area contributed by atoms with Crippen molar-refractivity contribution in [2.24, 2.45) is 0 Å². The van der Waals surface area contributed by atoms with Gasteiger partial charge in [0.25, 0.3) is 5.91 Å². The first kappa shape index (κ1) is 26.7. The highest BCUT2D eigenvalue weighted by Crippen LogP contribution is 2.28. The number of nitrogens with zero attached hydrogens (tertiary/aromatic N) is 1. The van der Waals surface area contributed by atoms with Crippen LogP contribution in [0, 0.1) is 0 Å². The van der Waals surface area contributed by atoms with Gasteiger partial charge in [0.15, 0.2) is 6.61 Å².